The van der Waals surface area contributed by atoms with Gasteiger partial charge in [-0.2, -0.15) is 0 Å². The van der Waals surface area contributed by atoms with Crippen LogP contribution in [0.25, 0.3) is 22.4 Å². The molecular weight excluding hydrogens is 340 g/mol. The third-order valence-electron chi connectivity index (χ3n) is 3.85. The van der Waals surface area contributed by atoms with E-state index in [9.17, 15) is 22.4 Å². The van der Waals surface area contributed by atoms with Crippen LogP contribution in [0.2, 0.25) is 0 Å². The number of carboxylic acids is 1. The molecule has 2 N–H and O–H groups in total. The van der Waals surface area contributed by atoms with Crippen molar-refractivity contribution in [3.63, 3.8) is 0 Å². The number of carboxylic acid groups (broad SMARTS) is 1. The quantitative estimate of drug-likeness (QED) is 0.534. The molecule has 25 heavy (non-hydrogen) atoms. The summed E-state index contributed by atoms with van der Waals surface area (Å²) in [6.07, 6.45) is 0. The maximum absolute atomic E-state index is 14.4. The third-order valence-corrected chi connectivity index (χ3v) is 3.85. The van der Waals surface area contributed by atoms with Crippen molar-refractivity contribution in [1.82, 2.24) is 9.97 Å². The predicted octanol–water partition coefficient (Wildman–Crippen LogP) is 4.61. The first kappa shape index (κ1) is 16.9. The molecule has 130 valence electrons. The highest BCUT2D eigenvalue weighted by Gasteiger charge is 2.29. The number of fused-ring (bicyclic) bond motifs is 1. The summed E-state index contributed by atoms with van der Waals surface area (Å²) in [5.41, 5.74) is -1.81. The first-order valence-corrected chi connectivity index (χ1v) is 7.32. The van der Waals surface area contributed by atoms with Crippen LogP contribution in [0, 0.1) is 23.3 Å². The highest BCUT2D eigenvalue weighted by atomic mass is 19.2. The van der Waals surface area contributed by atoms with E-state index in [1.165, 1.54) is 32.0 Å². The second kappa shape index (κ2) is 5.87. The van der Waals surface area contributed by atoms with E-state index in [0.717, 1.165) is 0 Å². The molecule has 0 bridgehead atoms. The Morgan fingerprint density at radius 1 is 1.08 bits per heavy atom. The molecule has 2 aromatic carbocycles. The maximum atomic E-state index is 14.4. The number of rotatable bonds is 3. The normalized spacial score (nSPS) is 11.5. The zero-order valence-corrected chi connectivity index (χ0v) is 13.1. The van der Waals surface area contributed by atoms with E-state index in [1.54, 1.807) is 0 Å². The molecule has 0 aliphatic rings. The summed E-state index contributed by atoms with van der Waals surface area (Å²) in [4.78, 5) is 17.5. The number of carbonyl (C=O) groups is 1. The van der Waals surface area contributed by atoms with Gasteiger partial charge in [-0.25, -0.2) is 27.3 Å². The fourth-order valence-electron chi connectivity index (χ4n) is 2.69. The summed E-state index contributed by atoms with van der Waals surface area (Å²) >= 11 is 0. The molecule has 0 saturated carbocycles. The molecule has 3 rings (SSSR count). The number of aromatic nitrogens is 2. The van der Waals surface area contributed by atoms with Crippen LogP contribution >= 0.6 is 0 Å². The highest BCUT2D eigenvalue weighted by Crippen LogP contribution is 2.34. The monoisotopic (exact) mass is 352 g/mol. The highest BCUT2D eigenvalue weighted by molar-refractivity contribution is 6.01. The van der Waals surface area contributed by atoms with Gasteiger partial charge >= 0.3 is 5.97 Å². The van der Waals surface area contributed by atoms with Crippen LogP contribution in [0.3, 0.4) is 0 Å². The lowest BCUT2D eigenvalue weighted by atomic mass is 9.98. The van der Waals surface area contributed by atoms with Gasteiger partial charge in [0.05, 0.1) is 16.6 Å². The van der Waals surface area contributed by atoms with Crippen LogP contribution in [-0.2, 0) is 0 Å². The van der Waals surface area contributed by atoms with Gasteiger partial charge in [0, 0.05) is 5.56 Å². The van der Waals surface area contributed by atoms with Crippen LogP contribution in [0.4, 0.5) is 17.6 Å². The fourth-order valence-corrected chi connectivity index (χ4v) is 2.69. The van der Waals surface area contributed by atoms with E-state index < -0.39 is 52.1 Å². The van der Waals surface area contributed by atoms with Crippen LogP contribution in [0.1, 0.15) is 35.7 Å². The Hall–Kier alpha value is -2.90. The lowest BCUT2D eigenvalue weighted by molar-refractivity contribution is 0.0699. The van der Waals surface area contributed by atoms with Crippen molar-refractivity contribution in [3.8, 4) is 11.4 Å². The summed E-state index contributed by atoms with van der Waals surface area (Å²) in [6.45, 7) is 2.81. The number of halogens is 4. The van der Waals surface area contributed by atoms with Crippen LogP contribution in [0.15, 0.2) is 18.2 Å². The van der Waals surface area contributed by atoms with Crippen LogP contribution in [0.5, 0.6) is 0 Å². The van der Waals surface area contributed by atoms with Gasteiger partial charge in [-0.15, -0.1) is 0 Å². The van der Waals surface area contributed by atoms with Gasteiger partial charge < -0.3 is 10.1 Å². The van der Waals surface area contributed by atoms with E-state index >= 15 is 0 Å². The maximum Gasteiger partial charge on any atom is 0.337 e. The molecule has 0 aliphatic heterocycles. The minimum absolute atomic E-state index is 0.0717. The van der Waals surface area contributed by atoms with Gasteiger partial charge in [0.2, 0.25) is 0 Å². The molecule has 3 aromatic rings. The Kier molecular flexibility index (Phi) is 3.98. The Morgan fingerprint density at radius 3 is 2.20 bits per heavy atom. The molecule has 1 heterocycles. The van der Waals surface area contributed by atoms with Crippen molar-refractivity contribution in [1.29, 1.82) is 0 Å². The van der Waals surface area contributed by atoms with Crippen molar-refractivity contribution >= 4 is 17.0 Å². The molecule has 4 nitrogen and oxygen atoms in total. The summed E-state index contributed by atoms with van der Waals surface area (Å²) in [5.74, 6) is -8.72. The predicted molar refractivity (Wildman–Crippen MR) is 82.4 cm³/mol. The molecule has 0 saturated heterocycles. The number of aromatic amines is 1. The van der Waals surface area contributed by atoms with Crippen molar-refractivity contribution < 1.29 is 27.5 Å². The third kappa shape index (κ3) is 2.54. The summed E-state index contributed by atoms with van der Waals surface area (Å²) in [7, 11) is 0. The lowest BCUT2D eigenvalue weighted by Gasteiger charge is -2.13. The van der Waals surface area contributed by atoms with Gasteiger partial charge in [-0.3, -0.25) is 0 Å². The van der Waals surface area contributed by atoms with Gasteiger partial charge in [-0.1, -0.05) is 19.9 Å². The zero-order valence-electron chi connectivity index (χ0n) is 13.1. The smallest absolute Gasteiger partial charge is 0.337 e. The Bertz CT molecular complexity index is 983. The second-order valence-corrected chi connectivity index (χ2v) is 5.79. The van der Waals surface area contributed by atoms with Gasteiger partial charge in [0.1, 0.15) is 11.3 Å². The molecule has 0 fully saturated rings. The van der Waals surface area contributed by atoms with Crippen molar-refractivity contribution in [2.24, 2.45) is 0 Å². The zero-order chi connectivity index (χ0) is 18.5. The number of hydrogen-bond donors (Lipinski definition) is 2. The van der Waals surface area contributed by atoms with Crippen molar-refractivity contribution in [2.75, 3.05) is 0 Å². The molecule has 1 aromatic heterocycles. The Balaban J connectivity index is 2.33. The van der Waals surface area contributed by atoms with Crippen LogP contribution in [-0.4, -0.2) is 21.0 Å². The summed E-state index contributed by atoms with van der Waals surface area (Å²) < 4.78 is 57.1. The average molecular weight is 352 g/mol. The minimum Gasteiger partial charge on any atom is -0.478 e. The van der Waals surface area contributed by atoms with E-state index in [-0.39, 0.29) is 16.6 Å². The number of H-pyrrole nitrogens is 1. The van der Waals surface area contributed by atoms with E-state index in [2.05, 4.69) is 9.97 Å². The summed E-state index contributed by atoms with van der Waals surface area (Å²) in [6, 6.07) is 4.10. The standard InChI is InChI=1S/C17H12F4N2O2/c1-6(2)9-11(18)13(20)10(14(21)12(9)19)16-22-8-5-3-4-7(17(24)25)15(8)23-16/h3-6H,1-2H3,(H,22,23)(H,24,25). The molecule has 8 heteroatoms. The molecule has 0 spiro atoms. The van der Waals surface area contributed by atoms with E-state index in [0.29, 0.717) is 0 Å². The van der Waals surface area contributed by atoms with E-state index in [4.69, 9.17) is 5.11 Å². The molecular formula is C17H12F4N2O2. The van der Waals surface area contributed by atoms with Crippen molar-refractivity contribution in [2.45, 2.75) is 19.8 Å². The largest absolute Gasteiger partial charge is 0.478 e. The lowest BCUT2D eigenvalue weighted by Crippen LogP contribution is -2.08. The molecule has 0 unspecified atom stereocenters. The Morgan fingerprint density at radius 2 is 1.68 bits per heavy atom. The fraction of sp³-hybridized carbons (Fsp3) is 0.176. The number of para-hydroxylation sites is 1. The first-order valence-electron chi connectivity index (χ1n) is 7.32. The first-order chi connectivity index (χ1) is 11.7. The summed E-state index contributed by atoms with van der Waals surface area (Å²) in [5, 5.41) is 9.14. The number of aromatic carboxylic acids is 1. The van der Waals surface area contributed by atoms with E-state index in [1.807, 2.05) is 0 Å². The molecule has 0 radical (unpaired) electrons. The topological polar surface area (TPSA) is 66.0 Å². The number of nitrogens with one attached hydrogen (secondary N) is 1. The van der Waals surface area contributed by atoms with Crippen molar-refractivity contribution in [3.05, 3.63) is 52.6 Å². The van der Waals surface area contributed by atoms with Gasteiger partial charge in [0.15, 0.2) is 23.3 Å². The molecule has 0 amide bonds. The Labute approximate surface area is 139 Å². The number of imidazole rings is 1. The number of hydrogen-bond acceptors (Lipinski definition) is 2. The average Bonchev–Trinajstić information content (AvgIpc) is 2.96. The number of benzene rings is 2. The SMILES string of the molecule is CC(C)c1c(F)c(F)c(-c2nc3c(C(=O)O)cccc3[nH]2)c(F)c1F. The molecule has 0 atom stereocenters. The second-order valence-electron chi connectivity index (χ2n) is 5.79. The minimum atomic E-state index is -1.58. The van der Waals surface area contributed by atoms with Crippen LogP contribution < -0.4 is 0 Å². The van der Waals surface area contributed by atoms with Gasteiger partial charge in [0.25, 0.3) is 0 Å². The van der Waals surface area contributed by atoms with Gasteiger partial charge in [-0.05, 0) is 18.1 Å². The number of nitrogens with zero attached hydrogens (tertiary/aromatic N) is 1. The molecule has 0 aliphatic carbocycles.